The molecule has 3 amide bonds. The number of thioether (sulfide) groups is 1. The lowest BCUT2D eigenvalue weighted by atomic mass is 10.1. The molecule has 0 aromatic heterocycles. The van der Waals surface area contributed by atoms with Crippen LogP contribution in [0.25, 0.3) is 0 Å². The summed E-state index contributed by atoms with van der Waals surface area (Å²) in [4.78, 5) is 50.4. The molecule has 2 fully saturated rings. The molecule has 4 N–H and O–H groups in total. The lowest BCUT2D eigenvalue weighted by Gasteiger charge is -2.28. The second kappa shape index (κ2) is 10.7. The molecular formula is C18H30N4O5S. The molecule has 4 unspecified atom stereocenters. The van der Waals surface area contributed by atoms with E-state index in [1.54, 1.807) is 18.7 Å². The number of nitrogens with one attached hydrogen (secondary N) is 3. The van der Waals surface area contributed by atoms with Gasteiger partial charge in [-0.15, -0.1) is 0 Å². The molecular weight excluding hydrogens is 384 g/mol. The molecule has 10 heteroatoms. The Morgan fingerprint density at radius 3 is 2.57 bits per heavy atom. The van der Waals surface area contributed by atoms with Crippen LogP contribution in [0.3, 0.4) is 0 Å². The molecule has 2 rings (SSSR count). The monoisotopic (exact) mass is 414 g/mol. The minimum Gasteiger partial charge on any atom is -0.480 e. The molecule has 0 radical (unpaired) electrons. The van der Waals surface area contributed by atoms with Gasteiger partial charge in [-0.1, -0.05) is 0 Å². The average Bonchev–Trinajstić information content (AvgIpc) is 3.35. The molecule has 2 aliphatic rings. The van der Waals surface area contributed by atoms with Crippen molar-refractivity contribution in [2.24, 2.45) is 0 Å². The summed E-state index contributed by atoms with van der Waals surface area (Å²) in [6.45, 7) is 2.74. The Hall–Kier alpha value is -1.81. The zero-order valence-corrected chi connectivity index (χ0v) is 17.2. The van der Waals surface area contributed by atoms with E-state index in [1.165, 1.54) is 4.90 Å². The van der Waals surface area contributed by atoms with Gasteiger partial charge in [0.15, 0.2) is 0 Å². The van der Waals surface area contributed by atoms with Gasteiger partial charge < -0.3 is 26.0 Å². The number of amides is 3. The lowest BCUT2D eigenvalue weighted by molar-refractivity contribution is -0.149. The highest BCUT2D eigenvalue weighted by molar-refractivity contribution is 7.98. The van der Waals surface area contributed by atoms with Gasteiger partial charge in [0.2, 0.25) is 17.7 Å². The molecule has 158 valence electrons. The zero-order chi connectivity index (χ0) is 20.7. The Morgan fingerprint density at radius 2 is 1.96 bits per heavy atom. The van der Waals surface area contributed by atoms with Crippen LogP contribution in [0.15, 0.2) is 0 Å². The summed E-state index contributed by atoms with van der Waals surface area (Å²) in [5, 5.41) is 17.8. The van der Waals surface area contributed by atoms with Gasteiger partial charge in [0.05, 0.1) is 6.04 Å². The van der Waals surface area contributed by atoms with Crippen molar-refractivity contribution in [2.75, 3.05) is 25.1 Å². The predicted octanol–water partition coefficient (Wildman–Crippen LogP) is -0.443. The molecule has 2 aliphatic heterocycles. The van der Waals surface area contributed by atoms with Gasteiger partial charge in [0.25, 0.3) is 0 Å². The van der Waals surface area contributed by atoms with Gasteiger partial charge in [-0.2, -0.15) is 11.8 Å². The van der Waals surface area contributed by atoms with Crippen LogP contribution in [-0.4, -0.2) is 83.0 Å². The van der Waals surface area contributed by atoms with E-state index in [1.807, 2.05) is 6.26 Å². The quantitative estimate of drug-likeness (QED) is 0.403. The van der Waals surface area contributed by atoms with E-state index in [9.17, 15) is 24.3 Å². The lowest BCUT2D eigenvalue weighted by Crippen LogP contribution is -2.56. The molecule has 2 saturated heterocycles. The first kappa shape index (κ1) is 22.5. The summed E-state index contributed by atoms with van der Waals surface area (Å²) in [7, 11) is 0. The smallest absolute Gasteiger partial charge is 0.326 e. The van der Waals surface area contributed by atoms with Crippen LogP contribution in [0.2, 0.25) is 0 Å². The van der Waals surface area contributed by atoms with Gasteiger partial charge in [0.1, 0.15) is 18.1 Å². The summed E-state index contributed by atoms with van der Waals surface area (Å²) >= 11 is 1.54. The van der Waals surface area contributed by atoms with E-state index in [-0.39, 0.29) is 17.9 Å². The standard InChI is InChI=1S/C18H30N4O5S/c1-11(20-16(24)12-5-3-8-19-12)15(23)21-13(7-10-28-2)17(25)22-9-4-6-14(22)18(26)27/h11-14,19H,3-10H2,1-2H3,(H,20,24)(H,21,23)(H,26,27). The highest BCUT2D eigenvalue weighted by Gasteiger charge is 2.38. The number of carbonyl (C=O) groups excluding carboxylic acids is 3. The van der Waals surface area contributed by atoms with E-state index in [4.69, 9.17) is 0 Å². The maximum absolute atomic E-state index is 12.9. The topological polar surface area (TPSA) is 128 Å². The van der Waals surface area contributed by atoms with Crippen LogP contribution in [0.1, 0.15) is 39.0 Å². The number of hydrogen-bond acceptors (Lipinski definition) is 6. The molecule has 0 spiro atoms. The summed E-state index contributed by atoms with van der Waals surface area (Å²) < 4.78 is 0. The maximum atomic E-state index is 12.9. The van der Waals surface area contributed by atoms with Crippen molar-refractivity contribution in [1.29, 1.82) is 0 Å². The van der Waals surface area contributed by atoms with E-state index in [0.717, 1.165) is 19.4 Å². The number of carboxylic acid groups (broad SMARTS) is 1. The molecule has 0 aliphatic carbocycles. The molecule has 0 aromatic rings. The Kier molecular flexibility index (Phi) is 8.56. The van der Waals surface area contributed by atoms with E-state index in [2.05, 4.69) is 16.0 Å². The molecule has 0 saturated carbocycles. The van der Waals surface area contributed by atoms with Crippen molar-refractivity contribution >= 4 is 35.5 Å². The van der Waals surface area contributed by atoms with Gasteiger partial charge >= 0.3 is 5.97 Å². The van der Waals surface area contributed by atoms with Crippen molar-refractivity contribution in [3.63, 3.8) is 0 Å². The van der Waals surface area contributed by atoms with Gasteiger partial charge in [0, 0.05) is 6.54 Å². The third-order valence-corrected chi connectivity index (χ3v) is 5.82. The van der Waals surface area contributed by atoms with Crippen LogP contribution >= 0.6 is 11.8 Å². The van der Waals surface area contributed by atoms with Crippen molar-refractivity contribution in [2.45, 2.75) is 63.2 Å². The number of rotatable bonds is 9. The van der Waals surface area contributed by atoms with Crippen molar-refractivity contribution < 1.29 is 24.3 Å². The fourth-order valence-electron chi connectivity index (χ4n) is 3.57. The highest BCUT2D eigenvalue weighted by Crippen LogP contribution is 2.19. The first-order chi connectivity index (χ1) is 13.3. The van der Waals surface area contributed by atoms with Gasteiger partial charge in [-0.3, -0.25) is 14.4 Å². The fourth-order valence-corrected chi connectivity index (χ4v) is 4.04. The Morgan fingerprint density at radius 1 is 1.21 bits per heavy atom. The van der Waals surface area contributed by atoms with Crippen LogP contribution < -0.4 is 16.0 Å². The number of likely N-dealkylation sites (tertiary alicyclic amines) is 1. The molecule has 9 nitrogen and oxygen atoms in total. The Bertz CT molecular complexity index is 597. The SMILES string of the molecule is CSCCC(NC(=O)C(C)NC(=O)C1CCCN1)C(=O)N1CCCC1C(=O)O. The summed E-state index contributed by atoms with van der Waals surface area (Å²) in [6, 6.07) is -2.71. The van der Waals surface area contributed by atoms with Gasteiger partial charge in [-0.05, 0) is 57.6 Å². The summed E-state index contributed by atoms with van der Waals surface area (Å²) in [6.07, 6.45) is 5.01. The van der Waals surface area contributed by atoms with Crippen LogP contribution in [0.4, 0.5) is 0 Å². The Labute approximate surface area is 169 Å². The molecule has 4 atom stereocenters. The maximum Gasteiger partial charge on any atom is 0.326 e. The first-order valence-corrected chi connectivity index (χ1v) is 11.1. The zero-order valence-electron chi connectivity index (χ0n) is 16.4. The van der Waals surface area contributed by atoms with E-state index in [0.29, 0.717) is 31.6 Å². The molecule has 0 aromatic carbocycles. The van der Waals surface area contributed by atoms with Gasteiger partial charge in [-0.25, -0.2) is 4.79 Å². The molecule has 0 bridgehead atoms. The predicted molar refractivity (Wildman–Crippen MR) is 106 cm³/mol. The van der Waals surface area contributed by atoms with E-state index >= 15 is 0 Å². The molecule has 28 heavy (non-hydrogen) atoms. The summed E-state index contributed by atoms with van der Waals surface area (Å²) in [5.41, 5.74) is 0. The molecule has 2 heterocycles. The second-order valence-electron chi connectivity index (χ2n) is 7.25. The van der Waals surface area contributed by atoms with Crippen LogP contribution in [0.5, 0.6) is 0 Å². The van der Waals surface area contributed by atoms with Crippen molar-refractivity contribution in [3.8, 4) is 0 Å². The second-order valence-corrected chi connectivity index (χ2v) is 8.24. The number of nitrogens with zero attached hydrogens (tertiary/aromatic N) is 1. The summed E-state index contributed by atoms with van der Waals surface area (Å²) in [5.74, 6) is -1.42. The Balaban J connectivity index is 1.97. The minimum absolute atomic E-state index is 0.224. The van der Waals surface area contributed by atoms with Crippen molar-refractivity contribution in [3.05, 3.63) is 0 Å². The minimum atomic E-state index is -1.02. The number of carboxylic acids is 1. The number of hydrogen-bond donors (Lipinski definition) is 4. The third-order valence-electron chi connectivity index (χ3n) is 5.18. The van der Waals surface area contributed by atoms with Crippen LogP contribution in [-0.2, 0) is 19.2 Å². The van der Waals surface area contributed by atoms with Crippen LogP contribution in [0, 0.1) is 0 Å². The van der Waals surface area contributed by atoms with Crippen molar-refractivity contribution in [1.82, 2.24) is 20.9 Å². The number of aliphatic carboxylic acids is 1. The van der Waals surface area contributed by atoms with E-state index < -0.39 is 30.0 Å². The average molecular weight is 415 g/mol. The fraction of sp³-hybridized carbons (Fsp3) is 0.778. The third kappa shape index (κ3) is 5.84. The number of carbonyl (C=O) groups is 4. The highest BCUT2D eigenvalue weighted by atomic mass is 32.2. The normalized spacial score (nSPS) is 23.9. The first-order valence-electron chi connectivity index (χ1n) is 9.71. The largest absolute Gasteiger partial charge is 0.480 e.